The number of fused-ring (bicyclic) bond motifs is 1. The number of hydrogen-bond acceptors (Lipinski definition) is 8. The van der Waals surface area contributed by atoms with Gasteiger partial charge in [0.15, 0.2) is 11.6 Å². The normalized spacial score (nSPS) is 19.1. The number of benzene rings is 1. The van der Waals surface area contributed by atoms with E-state index in [-0.39, 0.29) is 49.5 Å². The van der Waals surface area contributed by atoms with Gasteiger partial charge in [-0.1, -0.05) is 44.2 Å². The van der Waals surface area contributed by atoms with Gasteiger partial charge in [0.2, 0.25) is 17.6 Å². The Balaban J connectivity index is 1.73. The van der Waals surface area contributed by atoms with E-state index in [1.54, 1.807) is 16.4 Å². The van der Waals surface area contributed by atoms with Gasteiger partial charge in [-0.25, -0.2) is 9.67 Å². The van der Waals surface area contributed by atoms with E-state index >= 15 is 0 Å². The lowest BCUT2D eigenvalue weighted by molar-refractivity contribution is -0.129. The molecule has 3 heterocycles. The van der Waals surface area contributed by atoms with Crippen LogP contribution >= 0.6 is 11.8 Å². The largest absolute Gasteiger partial charge is 0.373 e. The van der Waals surface area contributed by atoms with Crippen LogP contribution in [0.5, 0.6) is 0 Å². The number of carbonyl (C=O) groups excluding carboxylic acids is 3. The number of rotatable bonds is 6. The molecule has 13 heteroatoms. The predicted octanol–water partition coefficient (Wildman–Crippen LogP) is 2.21. The van der Waals surface area contributed by atoms with Gasteiger partial charge in [-0.3, -0.25) is 19.2 Å². The van der Waals surface area contributed by atoms with Crippen molar-refractivity contribution in [3.8, 4) is 11.4 Å². The van der Waals surface area contributed by atoms with Crippen LogP contribution in [0.3, 0.4) is 0 Å². The highest BCUT2D eigenvalue weighted by Crippen LogP contribution is 2.25. The fraction of sp³-hybridized carbons (Fsp3) is 0.481. The fourth-order valence-electron chi connectivity index (χ4n) is 4.52. The third-order valence-corrected chi connectivity index (χ3v) is 7.32. The quantitative estimate of drug-likeness (QED) is 0.408. The standard InChI is InChI=1S/C27H35N7O5S/c1-17(2)23-25-30-24(18-8-5-4-6-9-18)31-34(25)14-13-33(27(38)20-16-22(36)32-39-20)12-7-10-21(35)28-19(11-15-40-3)26(37)29-23/h4-6,8-9,16-17,19,23H,7,10-15H2,1-3H3,(H,28,35)(H,29,37)(H,32,36)/t19-,23+/m0/s1. The predicted molar refractivity (Wildman–Crippen MR) is 151 cm³/mol. The van der Waals surface area contributed by atoms with Crippen LogP contribution in [0.15, 0.2) is 45.7 Å². The third kappa shape index (κ3) is 7.20. The summed E-state index contributed by atoms with van der Waals surface area (Å²) in [7, 11) is 0. The van der Waals surface area contributed by atoms with Crippen molar-refractivity contribution in [3.05, 3.63) is 58.3 Å². The first-order chi connectivity index (χ1) is 19.3. The van der Waals surface area contributed by atoms with E-state index in [9.17, 15) is 19.2 Å². The maximum Gasteiger partial charge on any atom is 0.292 e. The minimum atomic E-state index is -0.707. The van der Waals surface area contributed by atoms with E-state index in [4.69, 9.17) is 14.6 Å². The molecule has 1 aliphatic heterocycles. The first kappa shape index (κ1) is 29.1. The van der Waals surface area contributed by atoms with Crippen molar-refractivity contribution in [3.63, 3.8) is 0 Å². The zero-order valence-electron chi connectivity index (χ0n) is 22.9. The first-order valence-corrected chi connectivity index (χ1v) is 14.7. The second-order valence-electron chi connectivity index (χ2n) is 9.99. The fourth-order valence-corrected chi connectivity index (χ4v) is 4.99. The van der Waals surface area contributed by atoms with Gasteiger partial charge in [0.1, 0.15) is 6.04 Å². The Morgan fingerprint density at radius 2 is 1.90 bits per heavy atom. The first-order valence-electron chi connectivity index (χ1n) is 13.3. The molecule has 1 aliphatic rings. The van der Waals surface area contributed by atoms with Crippen molar-refractivity contribution in [1.29, 1.82) is 0 Å². The van der Waals surface area contributed by atoms with E-state index in [2.05, 4.69) is 15.8 Å². The van der Waals surface area contributed by atoms with Gasteiger partial charge in [0.05, 0.1) is 18.7 Å². The van der Waals surface area contributed by atoms with Crippen molar-refractivity contribution >= 4 is 29.5 Å². The van der Waals surface area contributed by atoms with E-state index < -0.39 is 23.6 Å². The van der Waals surface area contributed by atoms with Gasteiger partial charge >= 0.3 is 0 Å². The average molecular weight is 570 g/mol. The summed E-state index contributed by atoms with van der Waals surface area (Å²) in [4.78, 5) is 57.5. The molecule has 3 amide bonds. The highest BCUT2D eigenvalue weighted by atomic mass is 32.2. The molecule has 4 rings (SSSR count). The summed E-state index contributed by atoms with van der Waals surface area (Å²) in [5, 5.41) is 12.9. The number of amides is 3. The van der Waals surface area contributed by atoms with Crippen LogP contribution in [0.25, 0.3) is 11.4 Å². The number of aromatic nitrogens is 4. The summed E-state index contributed by atoms with van der Waals surface area (Å²) in [6.07, 6.45) is 2.91. The molecule has 0 spiro atoms. The molecular weight excluding hydrogens is 534 g/mol. The summed E-state index contributed by atoms with van der Waals surface area (Å²) in [5.41, 5.74) is 0.309. The number of H-pyrrole nitrogens is 1. The van der Waals surface area contributed by atoms with Gasteiger partial charge in [0, 0.05) is 25.1 Å². The number of carbonyl (C=O) groups is 3. The minimum Gasteiger partial charge on any atom is -0.373 e. The number of hydrogen-bond donors (Lipinski definition) is 3. The lowest BCUT2D eigenvalue weighted by Crippen LogP contribution is -2.49. The van der Waals surface area contributed by atoms with Crippen LogP contribution < -0.4 is 16.2 Å². The van der Waals surface area contributed by atoms with Gasteiger partial charge in [-0.2, -0.15) is 22.0 Å². The molecule has 0 saturated carbocycles. The highest BCUT2D eigenvalue weighted by Gasteiger charge is 2.30. The van der Waals surface area contributed by atoms with Crippen molar-refractivity contribution < 1.29 is 18.9 Å². The van der Waals surface area contributed by atoms with E-state index in [0.29, 0.717) is 30.2 Å². The van der Waals surface area contributed by atoms with Crippen LogP contribution in [-0.4, -0.2) is 73.7 Å². The Bertz CT molecular complexity index is 1370. The molecule has 2 aromatic heterocycles. The Hall–Kier alpha value is -3.87. The second kappa shape index (κ2) is 13.5. The summed E-state index contributed by atoms with van der Waals surface area (Å²) < 4.78 is 6.79. The zero-order valence-corrected chi connectivity index (χ0v) is 23.7. The topological polar surface area (TPSA) is 155 Å². The zero-order chi connectivity index (χ0) is 28.6. The Labute approximate surface area is 236 Å². The molecule has 2 atom stereocenters. The van der Waals surface area contributed by atoms with Crippen molar-refractivity contribution in [1.82, 2.24) is 35.5 Å². The van der Waals surface area contributed by atoms with E-state index in [1.165, 1.54) is 4.90 Å². The summed E-state index contributed by atoms with van der Waals surface area (Å²) in [6, 6.07) is 9.43. The van der Waals surface area contributed by atoms with Crippen LogP contribution in [0.2, 0.25) is 0 Å². The summed E-state index contributed by atoms with van der Waals surface area (Å²) >= 11 is 1.60. The Morgan fingerprint density at radius 3 is 2.58 bits per heavy atom. The van der Waals surface area contributed by atoms with Gasteiger partial charge in [-0.05, 0) is 30.8 Å². The molecule has 1 aromatic carbocycles. The van der Waals surface area contributed by atoms with Crippen LogP contribution in [0, 0.1) is 5.92 Å². The van der Waals surface area contributed by atoms with Gasteiger partial charge < -0.3 is 20.1 Å². The third-order valence-electron chi connectivity index (χ3n) is 6.67. The number of nitrogens with one attached hydrogen (secondary N) is 3. The second-order valence-corrected chi connectivity index (χ2v) is 11.0. The molecule has 40 heavy (non-hydrogen) atoms. The van der Waals surface area contributed by atoms with Crippen molar-refractivity contribution in [2.45, 2.75) is 51.7 Å². The molecule has 0 saturated heterocycles. The number of thioether (sulfide) groups is 1. The van der Waals surface area contributed by atoms with Crippen LogP contribution in [-0.2, 0) is 16.1 Å². The molecule has 3 N–H and O–H groups in total. The van der Waals surface area contributed by atoms with Gasteiger partial charge in [-0.15, -0.1) is 0 Å². The molecule has 0 bridgehead atoms. The van der Waals surface area contributed by atoms with Crippen LogP contribution in [0.4, 0.5) is 0 Å². The highest BCUT2D eigenvalue weighted by molar-refractivity contribution is 7.98. The Morgan fingerprint density at radius 1 is 1.12 bits per heavy atom. The lowest BCUT2D eigenvalue weighted by Gasteiger charge is -2.27. The molecule has 0 fully saturated rings. The molecule has 0 unspecified atom stereocenters. The number of nitrogens with zero attached hydrogens (tertiary/aromatic N) is 4. The summed E-state index contributed by atoms with van der Waals surface area (Å²) in [5.74, 6) is 0.584. The molecule has 12 nitrogen and oxygen atoms in total. The molecule has 3 aromatic rings. The van der Waals surface area contributed by atoms with Crippen molar-refractivity contribution in [2.24, 2.45) is 5.92 Å². The maximum absolute atomic E-state index is 13.5. The molecule has 0 aliphatic carbocycles. The minimum absolute atomic E-state index is 0.0489. The van der Waals surface area contributed by atoms with E-state index in [0.717, 1.165) is 11.6 Å². The average Bonchev–Trinajstić information content (AvgIpc) is 3.57. The van der Waals surface area contributed by atoms with Crippen molar-refractivity contribution in [2.75, 3.05) is 25.1 Å². The Kier molecular flexibility index (Phi) is 9.80. The maximum atomic E-state index is 13.5. The lowest BCUT2D eigenvalue weighted by atomic mass is 10.0. The van der Waals surface area contributed by atoms with Crippen LogP contribution in [0.1, 0.15) is 55.5 Å². The molecular formula is C27H35N7O5S. The number of aromatic amines is 1. The SMILES string of the molecule is CSCC[C@@H]1NC(=O)CCCN(C(=O)c2cc(=O)[nH]o2)CCn2nc(-c3ccccc3)nc2[C@@H](C(C)C)NC1=O. The smallest absolute Gasteiger partial charge is 0.292 e. The van der Waals surface area contributed by atoms with E-state index in [1.807, 2.05) is 50.4 Å². The van der Waals surface area contributed by atoms with Gasteiger partial charge in [0.25, 0.3) is 11.5 Å². The monoisotopic (exact) mass is 569 g/mol. The molecule has 0 radical (unpaired) electrons. The summed E-state index contributed by atoms with van der Waals surface area (Å²) in [6.45, 7) is 4.70. The molecule has 214 valence electrons.